The van der Waals surface area contributed by atoms with Crippen molar-refractivity contribution in [2.75, 3.05) is 0 Å². The Hall–Kier alpha value is -1.15. The zero-order valence-corrected chi connectivity index (χ0v) is 8.98. The maximum absolute atomic E-state index is 11.3. The fourth-order valence-electron chi connectivity index (χ4n) is 1.97. The second-order valence-electron chi connectivity index (χ2n) is 4.13. The van der Waals surface area contributed by atoms with Crippen LogP contribution < -0.4 is 0 Å². The fraction of sp³-hybridized carbons (Fsp3) is 0.462. The van der Waals surface area contributed by atoms with Crippen molar-refractivity contribution in [1.29, 1.82) is 0 Å². The highest BCUT2D eigenvalue weighted by molar-refractivity contribution is 5.83. The van der Waals surface area contributed by atoms with E-state index in [1.54, 1.807) is 0 Å². The van der Waals surface area contributed by atoms with Crippen molar-refractivity contribution < 1.29 is 9.53 Å². The van der Waals surface area contributed by atoms with E-state index in [4.69, 9.17) is 4.74 Å². The Labute approximate surface area is 90.3 Å². The van der Waals surface area contributed by atoms with Crippen molar-refractivity contribution in [3.63, 3.8) is 0 Å². The first-order chi connectivity index (χ1) is 7.27. The van der Waals surface area contributed by atoms with Crippen molar-refractivity contribution in [3.8, 4) is 0 Å². The first kappa shape index (κ1) is 10.4. The Morgan fingerprint density at radius 3 is 2.67 bits per heavy atom. The van der Waals surface area contributed by atoms with Gasteiger partial charge in [0.25, 0.3) is 0 Å². The van der Waals surface area contributed by atoms with Crippen molar-refractivity contribution in [2.45, 2.75) is 32.5 Å². The summed E-state index contributed by atoms with van der Waals surface area (Å²) in [5.74, 6) is 0.418. The summed E-state index contributed by atoms with van der Waals surface area (Å²) >= 11 is 0. The van der Waals surface area contributed by atoms with Crippen LogP contribution in [0.2, 0.25) is 0 Å². The topological polar surface area (TPSA) is 26.3 Å². The molecule has 0 N–H and O–H groups in total. The Bertz CT molecular complexity index is 332. The molecule has 0 amide bonds. The van der Waals surface area contributed by atoms with Gasteiger partial charge in [0.2, 0.25) is 0 Å². The highest BCUT2D eigenvalue weighted by Gasteiger charge is 2.31. The van der Waals surface area contributed by atoms with Gasteiger partial charge >= 0.3 is 0 Å². The molecule has 1 aromatic rings. The molecule has 0 radical (unpaired) electrons. The summed E-state index contributed by atoms with van der Waals surface area (Å²) in [4.78, 5) is 11.3. The lowest BCUT2D eigenvalue weighted by Gasteiger charge is -2.15. The molecule has 1 fully saturated rings. The third-order valence-corrected chi connectivity index (χ3v) is 3.05. The molecule has 0 spiro atoms. The maximum Gasteiger partial charge on any atom is 0.138 e. The molecular formula is C13H16O2. The first-order valence-corrected chi connectivity index (χ1v) is 5.45. The second-order valence-corrected chi connectivity index (χ2v) is 4.13. The average Bonchev–Trinajstić information content (AvgIpc) is 2.59. The fourth-order valence-corrected chi connectivity index (χ4v) is 1.97. The predicted molar refractivity (Wildman–Crippen MR) is 58.4 cm³/mol. The molecule has 1 saturated carbocycles. The first-order valence-electron chi connectivity index (χ1n) is 5.45. The summed E-state index contributed by atoms with van der Waals surface area (Å²) in [5, 5.41) is 0. The van der Waals surface area contributed by atoms with Gasteiger partial charge in [-0.2, -0.15) is 0 Å². The lowest BCUT2D eigenvalue weighted by atomic mass is 10.1. The number of benzene rings is 1. The van der Waals surface area contributed by atoms with Gasteiger partial charge < -0.3 is 4.74 Å². The summed E-state index contributed by atoms with van der Waals surface area (Å²) in [6.45, 7) is 2.58. The van der Waals surface area contributed by atoms with E-state index in [2.05, 4.69) is 0 Å². The number of carbonyl (C=O) groups excluding carboxylic acids is 1. The molecule has 2 rings (SSSR count). The van der Waals surface area contributed by atoms with Gasteiger partial charge in [-0.15, -0.1) is 0 Å². The van der Waals surface area contributed by atoms with Crippen LogP contribution in [-0.4, -0.2) is 11.9 Å². The highest BCUT2D eigenvalue weighted by atomic mass is 16.5. The Morgan fingerprint density at radius 2 is 2.07 bits per heavy atom. The van der Waals surface area contributed by atoms with Gasteiger partial charge in [0, 0.05) is 12.3 Å². The van der Waals surface area contributed by atoms with Gasteiger partial charge in [0.15, 0.2) is 0 Å². The van der Waals surface area contributed by atoms with E-state index in [1.807, 2.05) is 37.3 Å². The van der Waals surface area contributed by atoms with E-state index in [-0.39, 0.29) is 12.0 Å². The van der Waals surface area contributed by atoms with Crippen molar-refractivity contribution >= 4 is 5.78 Å². The van der Waals surface area contributed by atoms with Gasteiger partial charge in [-0.25, -0.2) is 0 Å². The summed E-state index contributed by atoms with van der Waals surface area (Å²) in [7, 11) is 0. The quantitative estimate of drug-likeness (QED) is 0.756. The number of ether oxygens (including phenoxy) is 1. The molecule has 0 bridgehead atoms. The lowest BCUT2D eigenvalue weighted by Crippen LogP contribution is -2.19. The summed E-state index contributed by atoms with van der Waals surface area (Å²) < 4.78 is 5.75. The van der Waals surface area contributed by atoms with Gasteiger partial charge in [0.1, 0.15) is 5.78 Å². The molecule has 2 atom stereocenters. The highest BCUT2D eigenvalue weighted by Crippen LogP contribution is 2.25. The molecule has 2 nitrogen and oxygen atoms in total. The minimum absolute atomic E-state index is 0.0775. The number of hydrogen-bond acceptors (Lipinski definition) is 2. The molecule has 0 saturated heterocycles. The van der Waals surface area contributed by atoms with Crippen LogP contribution in [0, 0.1) is 5.92 Å². The normalized spacial score (nSPS) is 25.8. The number of carbonyl (C=O) groups is 1. The van der Waals surface area contributed by atoms with Crippen LogP contribution >= 0.6 is 0 Å². The molecule has 2 heteroatoms. The largest absolute Gasteiger partial charge is 0.373 e. The smallest absolute Gasteiger partial charge is 0.138 e. The number of hydrogen-bond donors (Lipinski definition) is 0. The number of Topliss-reactive ketones (excluding diaryl/α,β-unsaturated/α-hetero) is 1. The summed E-state index contributed by atoms with van der Waals surface area (Å²) in [6, 6.07) is 10.1. The van der Waals surface area contributed by atoms with Crippen LogP contribution in [0.3, 0.4) is 0 Å². The molecule has 1 aromatic carbocycles. The van der Waals surface area contributed by atoms with E-state index < -0.39 is 0 Å². The SMILES string of the molecule is C[C@H]1C(=O)CC[C@@H]1OCc1ccccc1. The van der Waals surface area contributed by atoms with Crippen LogP contribution in [0.15, 0.2) is 30.3 Å². The van der Waals surface area contributed by atoms with Crippen LogP contribution in [0.4, 0.5) is 0 Å². The standard InChI is InChI=1S/C13H16O2/c1-10-12(14)7-8-13(10)15-9-11-5-3-2-4-6-11/h2-6,10,13H,7-9H2,1H3/t10-,13-/m0/s1. The van der Waals surface area contributed by atoms with E-state index in [0.29, 0.717) is 18.8 Å². The maximum atomic E-state index is 11.3. The van der Waals surface area contributed by atoms with Crippen LogP contribution in [0.1, 0.15) is 25.3 Å². The average molecular weight is 204 g/mol. The summed E-state index contributed by atoms with van der Waals surface area (Å²) in [5.41, 5.74) is 1.17. The van der Waals surface area contributed by atoms with E-state index >= 15 is 0 Å². The molecule has 80 valence electrons. The zero-order chi connectivity index (χ0) is 10.7. The minimum Gasteiger partial charge on any atom is -0.373 e. The van der Waals surface area contributed by atoms with Crippen molar-refractivity contribution in [2.24, 2.45) is 5.92 Å². The molecule has 15 heavy (non-hydrogen) atoms. The molecule has 0 aliphatic heterocycles. The van der Waals surface area contributed by atoms with Crippen LogP contribution in [0.25, 0.3) is 0 Å². The third-order valence-electron chi connectivity index (χ3n) is 3.05. The molecule has 1 aliphatic rings. The van der Waals surface area contributed by atoms with E-state index in [9.17, 15) is 4.79 Å². The minimum atomic E-state index is 0.0775. The number of rotatable bonds is 3. The monoisotopic (exact) mass is 204 g/mol. The number of ketones is 1. The molecule has 1 aliphatic carbocycles. The lowest BCUT2D eigenvalue weighted by molar-refractivity contribution is -0.122. The Morgan fingerprint density at radius 1 is 1.33 bits per heavy atom. The second kappa shape index (κ2) is 4.58. The molecule has 0 heterocycles. The van der Waals surface area contributed by atoms with Crippen LogP contribution in [-0.2, 0) is 16.1 Å². The van der Waals surface area contributed by atoms with E-state index in [1.165, 1.54) is 5.56 Å². The Balaban J connectivity index is 1.87. The van der Waals surface area contributed by atoms with E-state index in [0.717, 1.165) is 6.42 Å². The summed E-state index contributed by atoms with van der Waals surface area (Å²) in [6.07, 6.45) is 1.69. The molecule has 0 unspecified atom stereocenters. The Kier molecular flexibility index (Phi) is 3.17. The van der Waals surface area contributed by atoms with Gasteiger partial charge in [-0.05, 0) is 12.0 Å². The third kappa shape index (κ3) is 2.45. The van der Waals surface area contributed by atoms with Gasteiger partial charge in [-0.3, -0.25) is 4.79 Å². The predicted octanol–water partition coefficient (Wildman–Crippen LogP) is 2.57. The molecule has 0 aromatic heterocycles. The van der Waals surface area contributed by atoms with Crippen LogP contribution in [0.5, 0.6) is 0 Å². The zero-order valence-electron chi connectivity index (χ0n) is 8.98. The molecular weight excluding hydrogens is 188 g/mol. The van der Waals surface area contributed by atoms with Gasteiger partial charge in [-0.1, -0.05) is 37.3 Å². The van der Waals surface area contributed by atoms with Gasteiger partial charge in [0.05, 0.1) is 12.7 Å². The van der Waals surface area contributed by atoms with Crippen molar-refractivity contribution in [3.05, 3.63) is 35.9 Å². The van der Waals surface area contributed by atoms with Crippen molar-refractivity contribution in [1.82, 2.24) is 0 Å².